The van der Waals surface area contributed by atoms with Gasteiger partial charge in [0.2, 0.25) is 0 Å². The molecule has 0 spiro atoms. The first-order valence-corrected chi connectivity index (χ1v) is 11.7. The molecule has 0 aliphatic heterocycles. The van der Waals surface area contributed by atoms with E-state index in [0.29, 0.717) is 12.5 Å². The van der Waals surface area contributed by atoms with Crippen LogP contribution in [0.5, 0.6) is 5.75 Å². The van der Waals surface area contributed by atoms with Gasteiger partial charge >= 0.3 is 0 Å². The summed E-state index contributed by atoms with van der Waals surface area (Å²) in [4.78, 5) is 0. The predicted octanol–water partition coefficient (Wildman–Crippen LogP) is 7.65. The van der Waals surface area contributed by atoms with E-state index in [0.717, 1.165) is 31.1 Å². The van der Waals surface area contributed by atoms with Crippen LogP contribution in [0.2, 0.25) is 0 Å². The van der Waals surface area contributed by atoms with Gasteiger partial charge < -0.3 is 9.84 Å². The van der Waals surface area contributed by atoms with Gasteiger partial charge in [0.15, 0.2) is 0 Å². The van der Waals surface area contributed by atoms with E-state index in [1.165, 1.54) is 63.4 Å². The minimum absolute atomic E-state index is 0.339. The van der Waals surface area contributed by atoms with Crippen LogP contribution in [0.3, 0.4) is 0 Å². The summed E-state index contributed by atoms with van der Waals surface area (Å²) in [5.74, 6) is 2.35. The van der Waals surface area contributed by atoms with Gasteiger partial charge in [-0.25, -0.2) is 0 Å². The molecule has 0 saturated carbocycles. The Bertz CT molecular complexity index is 492. The zero-order valence-electron chi connectivity index (χ0n) is 18.7. The summed E-state index contributed by atoms with van der Waals surface area (Å²) in [5.41, 5.74) is 1.25. The minimum Gasteiger partial charge on any atom is -0.494 e. The van der Waals surface area contributed by atoms with Crippen molar-refractivity contribution in [3.8, 4) is 5.75 Å². The van der Waals surface area contributed by atoms with Gasteiger partial charge in [0, 0.05) is 6.61 Å². The van der Waals surface area contributed by atoms with Crippen molar-refractivity contribution in [2.24, 2.45) is 11.8 Å². The number of ether oxygens (including phenoxy) is 1. The fourth-order valence-corrected chi connectivity index (χ4v) is 3.38. The van der Waals surface area contributed by atoms with Crippen LogP contribution in [0.15, 0.2) is 30.3 Å². The number of hydrogen-bond donors (Lipinski definition) is 1. The van der Waals surface area contributed by atoms with Crippen molar-refractivity contribution < 1.29 is 9.84 Å². The third-order valence-electron chi connectivity index (χ3n) is 5.70. The average Bonchev–Trinajstić information content (AvgIpc) is 2.72. The zero-order valence-corrected chi connectivity index (χ0v) is 18.7. The van der Waals surface area contributed by atoms with E-state index in [4.69, 9.17) is 9.84 Å². The number of unbranched alkanes of at least 4 members (excludes halogenated alkanes) is 8. The molecule has 0 fully saturated rings. The highest BCUT2D eigenvalue weighted by atomic mass is 16.5. The van der Waals surface area contributed by atoms with Gasteiger partial charge in [-0.05, 0) is 42.4 Å². The summed E-state index contributed by atoms with van der Waals surface area (Å²) >= 11 is 0. The molecule has 0 radical (unpaired) electrons. The van der Waals surface area contributed by atoms with E-state index in [2.05, 4.69) is 57.2 Å². The van der Waals surface area contributed by atoms with E-state index in [9.17, 15) is 0 Å². The summed E-state index contributed by atoms with van der Waals surface area (Å²) in [6.07, 6.45) is 18.2. The molecule has 2 atom stereocenters. The van der Waals surface area contributed by atoms with Crippen molar-refractivity contribution in [2.75, 3.05) is 13.2 Å². The molecule has 160 valence electrons. The van der Waals surface area contributed by atoms with Crippen molar-refractivity contribution in [2.45, 2.75) is 91.4 Å². The molecule has 1 N–H and O–H groups in total. The lowest BCUT2D eigenvalue weighted by Crippen LogP contribution is -2.04. The van der Waals surface area contributed by atoms with Gasteiger partial charge in [-0.3, -0.25) is 0 Å². The largest absolute Gasteiger partial charge is 0.494 e. The van der Waals surface area contributed by atoms with Gasteiger partial charge in [0.25, 0.3) is 0 Å². The Balaban J connectivity index is 2.15. The van der Waals surface area contributed by atoms with Gasteiger partial charge in [0.1, 0.15) is 5.75 Å². The number of aliphatic hydroxyl groups is 1. The van der Waals surface area contributed by atoms with Crippen LogP contribution in [-0.2, 0) is 0 Å². The molecule has 0 aliphatic carbocycles. The van der Waals surface area contributed by atoms with E-state index in [1.807, 2.05) is 0 Å². The highest BCUT2D eigenvalue weighted by Gasteiger charge is 2.08. The smallest absolute Gasteiger partial charge is 0.119 e. The maximum absolute atomic E-state index is 8.75. The number of aliphatic hydroxyl groups excluding tert-OH is 1. The molecule has 2 heteroatoms. The lowest BCUT2D eigenvalue weighted by Gasteiger charge is -2.15. The van der Waals surface area contributed by atoms with Crippen LogP contribution < -0.4 is 4.74 Å². The van der Waals surface area contributed by atoms with Crippen LogP contribution >= 0.6 is 0 Å². The van der Waals surface area contributed by atoms with Crippen LogP contribution in [0, 0.1) is 11.8 Å². The first-order valence-electron chi connectivity index (χ1n) is 11.7. The van der Waals surface area contributed by atoms with E-state index in [1.54, 1.807) is 0 Å². The summed E-state index contributed by atoms with van der Waals surface area (Å²) in [5, 5.41) is 8.75. The second kappa shape index (κ2) is 16.7. The Kier molecular flexibility index (Phi) is 14.7. The Morgan fingerprint density at radius 3 is 2.07 bits per heavy atom. The van der Waals surface area contributed by atoms with Crippen LogP contribution in [0.4, 0.5) is 0 Å². The quantitative estimate of drug-likeness (QED) is 0.278. The van der Waals surface area contributed by atoms with Crippen molar-refractivity contribution in [1.29, 1.82) is 0 Å². The zero-order chi connectivity index (χ0) is 20.5. The Morgan fingerprint density at radius 1 is 0.857 bits per heavy atom. The standard InChI is InChI=1S/C26H44O2/c1-4-5-14-23(2)24(3)15-16-25-17-19-26(20-18-25)28-22-13-11-9-7-6-8-10-12-21-27/h15-20,23-24,27H,4-14,21-22H2,1-3H3/b16-15+/t23-,24?/m0/s1. The molecule has 0 aliphatic rings. The normalized spacial score (nSPS) is 13.7. The van der Waals surface area contributed by atoms with Crippen LogP contribution in [0.1, 0.15) is 97.0 Å². The van der Waals surface area contributed by atoms with Gasteiger partial charge in [-0.1, -0.05) is 103 Å². The first-order chi connectivity index (χ1) is 13.7. The second-order valence-electron chi connectivity index (χ2n) is 8.31. The molecule has 1 aromatic carbocycles. The van der Waals surface area contributed by atoms with E-state index < -0.39 is 0 Å². The fourth-order valence-electron chi connectivity index (χ4n) is 3.38. The maximum Gasteiger partial charge on any atom is 0.119 e. The number of hydrogen-bond acceptors (Lipinski definition) is 2. The molecule has 0 aromatic heterocycles. The second-order valence-corrected chi connectivity index (χ2v) is 8.31. The van der Waals surface area contributed by atoms with E-state index >= 15 is 0 Å². The number of benzene rings is 1. The average molecular weight is 389 g/mol. The lowest BCUT2D eigenvalue weighted by atomic mass is 9.90. The summed E-state index contributed by atoms with van der Waals surface area (Å²) in [7, 11) is 0. The van der Waals surface area contributed by atoms with Gasteiger partial charge in [-0.15, -0.1) is 0 Å². The summed E-state index contributed by atoms with van der Waals surface area (Å²) in [6.45, 7) is 8.10. The van der Waals surface area contributed by atoms with Crippen molar-refractivity contribution >= 4 is 6.08 Å². The van der Waals surface area contributed by atoms with Crippen molar-refractivity contribution in [1.82, 2.24) is 0 Å². The molecular formula is C26H44O2. The van der Waals surface area contributed by atoms with Gasteiger partial charge in [0.05, 0.1) is 6.61 Å². The van der Waals surface area contributed by atoms with E-state index in [-0.39, 0.29) is 0 Å². The van der Waals surface area contributed by atoms with Gasteiger partial charge in [-0.2, -0.15) is 0 Å². The molecule has 2 nitrogen and oxygen atoms in total. The molecular weight excluding hydrogens is 344 g/mol. The van der Waals surface area contributed by atoms with Crippen LogP contribution in [-0.4, -0.2) is 18.3 Å². The van der Waals surface area contributed by atoms with Crippen LogP contribution in [0.25, 0.3) is 6.08 Å². The highest BCUT2D eigenvalue weighted by Crippen LogP contribution is 2.21. The predicted molar refractivity (Wildman–Crippen MR) is 123 cm³/mol. The third kappa shape index (κ3) is 12.2. The topological polar surface area (TPSA) is 29.5 Å². The highest BCUT2D eigenvalue weighted by molar-refractivity contribution is 5.50. The number of allylic oxidation sites excluding steroid dienone is 1. The molecule has 1 unspecified atom stereocenters. The Hall–Kier alpha value is -1.28. The molecule has 1 rings (SSSR count). The van der Waals surface area contributed by atoms with Crippen molar-refractivity contribution in [3.05, 3.63) is 35.9 Å². The monoisotopic (exact) mass is 388 g/mol. The lowest BCUT2D eigenvalue weighted by molar-refractivity contribution is 0.282. The molecule has 0 saturated heterocycles. The Labute approximate surface area is 174 Å². The molecule has 0 amide bonds. The SMILES string of the molecule is CCCC[C@H](C)C(C)/C=C/c1ccc(OCCCCCCCCCCO)cc1. The molecule has 1 aromatic rings. The summed E-state index contributed by atoms with van der Waals surface area (Å²) < 4.78 is 5.88. The van der Waals surface area contributed by atoms with Crippen molar-refractivity contribution in [3.63, 3.8) is 0 Å². The summed E-state index contributed by atoms with van der Waals surface area (Å²) in [6, 6.07) is 8.49. The maximum atomic E-state index is 8.75. The number of rotatable bonds is 17. The minimum atomic E-state index is 0.339. The Morgan fingerprint density at radius 2 is 1.46 bits per heavy atom. The molecule has 0 heterocycles. The fraction of sp³-hybridized carbons (Fsp3) is 0.692. The molecule has 0 bridgehead atoms. The first kappa shape index (κ1) is 24.8. The third-order valence-corrected chi connectivity index (χ3v) is 5.70. The molecule has 28 heavy (non-hydrogen) atoms.